The lowest BCUT2D eigenvalue weighted by Crippen LogP contribution is -2.32. The van der Waals surface area contributed by atoms with E-state index in [0.29, 0.717) is 11.1 Å². The van der Waals surface area contributed by atoms with Crippen LogP contribution < -0.4 is 4.57 Å². The van der Waals surface area contributed by atoms with Gasteiger partial charge in [-0.25, -0.2) is 4.79 Å². The number of aromatic nitrogens is 1. The molecular formula is C14H12N3O6+. The minimum atomic E-state index is -0.701. The molecule has 0 saturated heterocycles. The van der Waals surface area contributed by atoms with Gasteiger partial charge in [0.1, 0.15) is 6.07 Å². The summed E-state index contributed by atoms with van der Waals surface area (Å²) in [5.41, 5.74) is 0.249. The molecule has 0 radical (unpaired) electrons. The van der Waals surface area contributed by atoms with Gasteiger partial charge in [0.15, 0.2) is 12.4 Å². The van der Waals surface area contributed by atoms with E-state index in [1.165, 1.54) is 42.3 Å². The monoisotopic (exact) mass is 318 g/mol. The predicted octanol–water partition coefficient (Wildman–Crippen LogP) is 1.87. The first-order valence-corrected chi connectivity index (χ1v) is 6.38. The number of nitrogens with zero attached hydrogens (tertiary/aromatic N) is 3. The lowest BCUT2D eigenvalue weighted by Gasteiger charge is -2.03. The molecular weight excluding hydrogens is 306 g/mol. The molecule has 1 aromatic carbocycles. The summed E-state index contributed by atoms with van der Waals surface area (Å²) in [7, 11) is 1.25. The predicted molar refractivity (Wildman–Crippen MR) is 77.4 cm³/mol. The highest BCUT2D eigenvalue weighted by molar-refractivity contribution is 5.90. The van der Waals surface area contributed by atoms with Crippen LogP contribution in [0.25, 0.3) is 5.69 Å². The molecule has 0 saturated carbocycles. The van der Waals surface area contributed by atoms with Gasteiger partial charge < -0.3 is 4.74 Å². The van der Waals surface area contributed by atoms with Crippen LogP contribution in [0.4, 0.5) is 11.4 Å². The third kappa shape index (κ3) is 3.12. The summed E-state index contributed by atoms with van der Waals surface area (Å²) in [5.74, 6) is -0.521. The number of nitro benzene ring substituents is 2. The minimum Gasteiger partial charge on any atom is -0.465 e. The van der Waals surface area contributed by atoms with Gasteiger partial charge in [-0.3, -0.25) is 20.2 Å². The maximum Gasteiger partial charge on any atom is 0.347 e. The van der Waals surface area contributed by atoms with Crippen molar-refractivity contribution in [3.8, 4) is 5.69 Å². The van der Waals surface area contributed by atoms with Gasteiger partial charge >= 0.3 is 11.7 Å². The summed E-state index contributed by atoms with van der Waals surface area (Å²) < 4.78 is 6.06. The summed E-state index contributed by atoms with van der Waals surface area (Å²) in [5, 5.41) is 21.9. The molecule has 2 aromatic rings. The zero-order chi connectivity index (χ0) is 17.1. The molecule has 0 aliphatic rings. The number of methoxy groups -OCH3 is 1. The summed E-state index contributed by atoms with van der Waals surface area (Å²) in [6.45, 7) is 1.65. The fourth-order valence-electron chi connectivity index (χ4n) is 2.09. The topological polar surface area (TPSA) is 116 Å². The molecule has 1 aromatic heterocycles. The van der Waals surface area contributed by atoms with Gasteiger partial charge in [-0.2, -0.15) is 4.57 Å². The van der Waals surface area contributed by atoms with Crippen molar-refractivity contribution in [2.75, 3.05) is 7.11 Å². The van der Waals surface area contributed by atoms with E-state index in [0.717, 1.165) is 6.07 Å². The average molecular weight is 318 g/mol. The van der Waals surface area contributed by atoms with Crippen LogP contribution in [-0.4, -0.2) is 22.9 Å². The fourth-order valence-corrected chi connectivity index (χ4v) is 2.09. The Morgan fingerprint density at radius 3 is 2.39 bits per heavy atom. The van der Waals surface area contributed by atoms with Crippen LogP contribution in [0.2, 0.25) is 0 Å². The third-order valence-corrected chi connectivity index (χ3v) is 3.21. The molecule has 0 aliphatic carbocycles. The van der Waals surface area contributed by atoms with E-state index in [1.54, 1.807) is 6.92 Å². The molecule has 9 nitrogen and oxygen atoms in total. The quantitative estimate of drug-likeness (QED) is 0.368. The first-order valence-electron chi connectivity index (χ1n) is 6.38. The first kappa shape index (κ1) is 16.0. The molecule has 118 valence electrons. The molecule has 1 heterocycles. The summed E-state index contributed by atoms with van der Waals surface area (Å²) >= 11 is 0. The van der Waals surface area contributed by atoms with Gasteiger partial charge in [0.2, 0.25) is 0 Å². The summed E-state index contributed by atoms with van der Waals surface area (Å²) in [6, 6.07) is 4.82. The molecule has 0 N–H and O–H groups in total. The number of aryl methyl sites for hydroxylation is 1. The second kappa shape index (κ2) is 6.18. The second-order valence-electron chi connectivity index (χ2n) is 4.63. The van der Waals surface area contributed by atoms with Gasteiger partial charge in [0.05, 0.1) is 22.5 Å². The molecule has 0 unspecified atom stereocenters. The largest absolute Gasteiger partial charge is 0.465 e. The van der Waals surface area contributed by atoms with Crippen molar-refractivity contribution in [3.05, 3.63) is 68.0 Å². The Labute approximate surface area is 130 Å². The molecule has 0 amide bonds. The number of nitro groups is 2. The SMILES string of the molecule is COC(=O)c1cc[n+](-c2ccc([N+](=O)[O-])cc2[N+](=O)[O-])cc1C. The van der Waals surface area contributed by atoms with Crippen LogP contribution in [-0.2, 0) is 4.74 Å². The molecule has 0 bridgehead atoms. The van der Waals surface area contributed by atoms with Crippen molar-refractivity contribution in [3.63, 3.8) is 0 Å². The maximum atomic E-state index is 11.6. The Hall–Kier alpha value is -3.36. The zero-order valence-electron chi connectivity index (χ0n) is 12.3. The van der Waals surface area contributed by atoms with Gasteiger partial charge in [-0.15, -0.1) is 0 Å². The number of ether oxygens (including phenoxy) is 1. The normalized spacial score (nSPS) is 10.2. The Morgan fingerprint density at radius 1 is 1.17 bits per heavy atom. The van der Waals surface area contributed by atoms with E-state index in [1.807, 2.05) is 0 Å². The second-order valence-corrected chi connectivity index (χ2v) is 4.63. The van der Waals surface area contributed by atoms with E-state index in [4.69, 9.17) is 0 Å². The zero-order valence-corrected chi connectivity index (χ0v) is 12.3. The smallest absolute Gasteiger partial charge is 0.347 e. The van der Waals surface area contributed by atoms with Crippen molar-refractivity contribution in [1.82, 2.24) is 0 Å². The number of hydrogen-bond acceptors (Lipinski definition) is 6. The molecule has 0 aliphatic heterocycles. The number of rotatable bonds is 4. The van der Waals surface area contributed by atoms with Crippen molar-refractivity contribution in [2.24, 2.45) is 0 Å². The van der Waals surface area contributed by atoms with E-state index in [2.05, 4.69) is 4.74 Å². The van der Waals surface area contributed by atoms with Crippen LogP contribution >= 0.6 is 0 Å². The number of carbonyl (C=O) groups is 1. The number of hydrogen-bond donors (Lipinski definition) is 0. The van der Waals surface area contributed by atoms with Crippen LogP contribution in [0.1, 0.15) is 15.9 Å². The maximum absolute atomic E-state index is 11.6. The van der Waals surface area contributed by atoms with Gasteiger partial charge in [-0.1, -0.05) is 0 Å². The van der Waals surface area contributed by atoms with Crippen LogP contribution in [0, 0.1) is 27.2 Å². The van der Waals surface area contributed by atoms with Crippen molar-refractivity contribution in [2.45, 2.75) is 6.92 Å². The van der Waals surface area contributed by atoms with E-state index in [9.17, 15) is 25.0 Å². The fraction of sp³-hybridized carbons (Fsp3) is 0.143. The highest BCUT2D eigenvalue weighted by Gasteiger charge is 2.27. The van der Waals surface area contributed by atoms with Gasteiger partial charge in [0, 0.05) is 23.8 Å². The Kier molecular flexibility index (Phi) is 4.30. The van der Waals surface area contributed by atoms with Crippen LogP contribution in [0.15, 0.2) is 36.7 Å². The van der Waals surface area contributed by atoms with Gasteiger partial charge in [-0.05, 0) is 6.92 Å². The highest BCUT2D eigenvalue weighted by Crippen LogP contribution is 2.24. The Morgan fingerprint density at radius 2 is 1.87 bits per heavy atom. The molecule has 2 rings (SSSR count). The summed E-state index contributed by atoms with van der Waals surface area (Å²) in [6.07, 6.45) is 2.97. The third-order valence-electron chi connectivity index (χ3n) is 3.21. The number of non-ortho nitro benzene ring substituents is 1. The molecule has 23 heavy (non-hydrogen) atoms. The lowest BCUT2D eigenvalue weighted by atomic mass is 10.1. The highest BCUT2D eigenvalue weighted by atomic mass is 16.6. The first-order chi connectivity index (χ1) is 10.8. The summed E-state index contributed by atoms with van der Waals surface area (Å²) in [4.78, 5) is 32.1. The molecule has 0 atom stereocenters. The van der Waals surface area contributed by atoms with Crippen molar-refractivity contribution >= 4 is 17.3 Å². The molecule has 0 fully saturated rings. The van der Waals surface area contributed by atoms with Gasteiger partial charge in [0.25, 0.3) is 11.4 Å². The van der Waals surface area contributed by atoms with Crippen LogP contribution in [0.5, 0.6) is 0 Å². The van der Waals surface area contributed by atoms with Crippen LogP contribution in [0.3, 0.4) is 0 Å². The van der Waals surface area contributed by atoms with E-state index in [-0.39, 0.29) is 11.4 Å². The van der Waals surface area contributed by atoms with E-state index < -0.39 is 21.5 Å². The van der Waals surface area contributed by atoms with E-state index >= 15 is 0 Å². The lowest BCUT2D eigenvalue weighted by molar-refractivity contribution is -0.601. The Balaban J connectivity index is 2.58. The number of pyridine rings is 1. The molecule has 0 spiro atoms. The number of esters is 1. The number of benzene rings is 1. The average Bonchev–Trinajstić information content (AvgIpc) is 2.53. The minimum absolute atomic E-state index is 0.153. The van der Waals surface area contributed by atoms with Crippen molar-refractivity contribution in [1.29, 1.82) is 0 Å². The molecule has 9 heteroatoms. The standard InChI is InChI=1S/C14H12N3O6/c1-9-8-15(6-5-11(9)14(18)23-2)12-4-3-10(16(19)20)7-13(12)17(21)22/h3-8H,1-2H3/q+1. The van der Waals surface area contributed by atoms with Crippen molar-refractivity contribution < 1.29 is 23.9 Å². The number of carbonyl (C=O) groups excluding carboxylic acids is 1. The Bertz CT molecular complexity index is 818.